The predicted octanol–water partition coefficient (Wildman–Crippen LogP) is 5.47. The molecule has 0 bridgehead atoms. The highest BCUT2D eigenvalue weighted by atomic mass is 31.1. The fourth-order valence-corrected chi connectivity index (χ4v) is 4.54. The Balaban J connectivity index is 2.12. The molecule has 0 spiro atoms. The first-order valence-corrected chi connectivity index (χ1v) is 9.83. The van der Waals surface area contributed by atoms with Crippen LogP contribution in [0.25, 0.3) is 0 Å². The molecule has 0 aliphatic heterocycles. The van der Waals surface area contributed by atoms with E-state index in [4.69, 9.17) is 0 Å². The van der Waals surface area contributed by atoms with Crippen LogP contribution in [0.4, 0.5) is 0 Å². The zero-order valence-electron chi connectivity index (χ0n) is 15.5. The van der Waals surface area contributed by atoms with Crippen LogP contribution in [0.15, 0.2) is 30.3 Å². The van der Waals surface area contributed by atoms with Crippen molar-refractivity contribution in [1.29, 1.82) is 0 Å². The topological polar surface area (TPSA) is 51.2 Å². The number of rotatable bonds is 6. The van der Waals surface area contributed by atoms with Crippen molar-refractivity contribution in [2.75, 3.05) is 6.16 Å². The molecule has 0 heterocycles. The molecule has 2 aromatic rings. The Bertz CT molecular complexity index is 822. The second kappa shape index (κ2) is 7.84. The summed E-state index contributed by atoms with van der Waals surface area (Å²) in [7, 11) is -2.11. The summed E-state index contributed by atoms with van der Waals surface area (Å²) in [5.41, 5.74) is 5.48. The second-order valence-electron chi connectivity index (χ2n) is 6.62. The summed E-state index contributed by atoms with van der Waals surface area (Å²) < 4.78 is 12.5. The van der Waals surface area contributed by atoms with Gasteiger partial charge in [0.25, 0.3) is 0 Å². The van der Waals surface area contributed by atoms with Crippen molar-refractivity contribution in [3.63, 3.8) is 0 Å². The van der Waals surface area contributed by atoms with E-state index in [1.54, 1.807) is 0 Å². The summed E-state index contributed by atoms with van der Waals surface area (Å²) in [5, 5.41) is 0. The molecule has 3 nitrogen and oxygen atoms in total. The number of hydrogen-bond donors (Lipinski definition) is 0. The van der Waals surface area contributed by atoms with Crippen molar-refractivity contribution >= 4 is 19.1 Å². The highest BCUT2D eigenvalue weighted by Gasteiger charge is 2.32. The molecule has 130 valence electrons. The molecule has 2 aromatic carbocycles. The van der Waals surface area contributed by atoms with E-state index in [0.29, 0.717) is 11.1 Å². The van der Waals surface area contributed by atoms with Crippen LogP contribution in [0.5, 0.6) is 0 Å². The molecule has 0 aromatic heterocycles. The summed E-state index contributed by atoms with van der Waals surface area (Å²) in [6, 6.07) is 9.51. The Labute approximate surface area is 150 Å². The quantitative estimate of drug-likeness (QED) is 0.510. The van der Waals surface area contributed by atoms with Crippen LogP contribution in [0.3, 0.4) is 0 Å². The molecule has 1 atom stereocenters. The van der Waals surface area contributed by atoms with Crippen molar-refractivity contribution in [1.82, 2.24) is 0 Å². The van der Waals surface area contributed by atoms with Gasteiger partial charge in [-0.25, -0.2) is 4.79 Å². The minimum atomic E-state index is -2.11. The van der Waals surface area contributed by atoms with Crippen LogP contribution in [-0.2, 0) is 4.57 Å². The molecule has 0 saturated heterocycles. The zero-order chi connectivity index (χ0) is 18.7. The highest BCUT2D eigenvalue weighted by Crippen LogP contribution is 2.31. The smallest absolute Gasteiger partial charge is 0.294 e. The van der Waals surface area contributed by atoms with Gasteiger partial charge < -0.3 is 0 Å². The van der Waals surface area contributed by atoms with Crippen LogP contribution in [0.2, 0.25) is 0 Å². The van der Waals surface area contributed by atoms with E-state index in [1.807, 2.05) is 65.0 Å². The van der Waals surface area contributed by atoms with Gasteiger partial charge in [0.1, 0.15) is 0 Å². The lowest BCUT2D eigenvalue weighted by Crippen LogP contribution is -2.08. The largest absolute Gasteiger partial charge is 0.420 e. The normalized spacial score (nSPS) is 11.3. The predicted molar refractivity (Wildman–Crippen MR) is 102 cm³/mol. The average Bonchev–Trinajstić information content (AvgIpc) is 2.51. The van der Waals surface area contributed by atoms with E-state index < -0.39 is 7.80 Å². The number of hydrogen-bond acceptors (Lipinski definition) is 3. The highest BCUT2D eigenvalue weighted by molar-refractivity contribution is 7.64. The standard InChI is InChI=1S/C21H24O3P/c1-13-11-16(4)19(17(5)12-13)18(22)9-10-25(24)21(23)20-14(2)7-6-8-15(20)3/h6-8,11-12H,9-10H2,1-5H3/q+1. The van der Waals surface area contributed by atoms with E-state index in [0.717, 1.165) is 27.8 Å². The van der Waals surface area contributed by atoms with E-state index in [-0.39, 0.29) is 23.9 Å². The molecule has 4 heteroatoms. The number of aryl methyl sites for hydroxylation is 5. The van der Waals surface area contributed by atoms with Gasteiger partial charge in [0.05, 0.1) is 12.0 Å². The lowest BCUT2D eigenvalue weighted by Gasteiger charge is -2.09. The van der Waals surface area contributed by atoms with Gasteiger partial charge in [-0.2, -0.15) is 0 Å². The second-order valence-corrected chi connectivity index (χ2v) is 8.23. The van der Waals surface area contributed by atoms with E-state index >= 15 is 0 Å². The lowest BCUT2D eigenvalue weighted by atomic mass is 9.96. The van der Waals surface area contributed by atoms with Crippen LogP contribution >= 0.6 is 7.80 Å². The molecule has 0 saturated carbocycles. The third-order valence-corrected chi connectivity index (χ3v) is 5.73. The minimum absolute atomic E-state index is 0.0485. The molecular weight excluding hydrogens is 331 g/mol. The van der Waals surface area contributed by atoms with Gasteiger partial charge in [-0.3, -0.25) is 4.79 Å². The van der Waals surface area contributed by atoms with Gasteiger partial charge in [-0.05, 0) is 56.9 Å². The summed E-state index contributed by atoms with van der Waals surface area (Å²) in [5.74, 6) is -0.0485. The summed E-state index contributed by atoms with van der Waals surface area (Å²) in [6.07, 6.45) is 0.212. The third-order valence-electron chi connectivity index (χ3n) is 4.42. The number of benzene rings is 2. The number of Topliss-reactive ketones (excluding diaryl/α,β-unsaturated/α-hetero) is 1. The Morgan fingerprint density at radius 3 is 1.88 bits per heavy atom. The molecule has 25 heavy (non-hydrogen) atoms. The van der Waals surface area contributed by atoms with Crippen LogP contribution in [-0.4, -0.2) is 17.5 Å². The first-order valence-electron chi connectivity index (χ1n) is 8.38. The van der Waals surface area contributed by atoms with Gasteiger partial charge in [-0.1, -0.05) is 40.5 Å². The van der Waals surface area contributed by atoms with Crippen molar-refractivity contribution in [3.05, 3.63) is 69.3 Å². The first kappa shape index (κ1) is 19.2. The Kier molecular flexibility index (Phi) is 6.02. The third kappa shape index (κ3) is 4.29. The van der Waals surface area contributed by atoms with Crippen molar-refractivity contribution < 1.29 is 14.2 Å². The summed E-state index contributed by atoms with van der Waals surface area (Å²) in [4.78, 5) is 25.1. The Morgan fingerprint density at radius 1 is 0.840 bits per heavy atom. The number of carbonyl (C=O) groups is 2. The fraction of sp³-hybridized carbons (Fsp3) is 0.333. The van der Waals surface area contributed by atoms with Crippen LogP contribution in [0.1, 0.15) is 55.0 Å². The van der Waals surface area contributed by atoms with Gasteiger partial charge in [0.15, 0.2) is 11.9 Å². The van der Waals surface area contributed by atoms with Crippen LogP contribution in [0, 0.1) is 34.6 Å². The zero-order valence-corrected chi connectivity index (χ0v) is 16.4. The molecule has 2 rings (SSSR count). The van der Waals surface area contributed by atoms with Crippen molar-refractivity contribution in [2.24, 2.45) is 0 Å². The molecule has 0 radical (unpaired) electrons. The van der Waals surface area contributed by atoms with Crippen molar-refractivity contribution in [3.8, 4) is 0 Å². The molecule has 0 amide bonds. The van der Waals surface area contributed by atoms with Gasteiger partial charge in [0, 0.05) is 5.56 Å². The Hall–Kier alpha value is -2.12. The Morgan fingerprint density at radius 2 is 1.36 bits per heavy atom. The molecule has 0 aliphatic carbocycles. The molecule has 0 N–H and O–H groups in total. The minimum Gasteiger partial charge on any atom is -0.294 e. The summed E-state index contributed by atoms with van der Waals surface area (Å²) in [6.45, 7) is 9.50. The van der Waals surface area contributed by atoms with Gasteiger partial charge in [0.2, 0.25) is 0 Å². The lowest BCUT2D eigenvalue weighted by molar-refractivity contribution is 0.0988. The maximum absolute atomic E-state index is 12.6. The fourth-order valence-electron chi connectivity index (χ4n) is 3.33. The number of ketones is 1. The first-order chi connectivity index (χ1) is 11.7. The van der Waals surface area contributed by atoms with E-state index in [9.17, 15) is 14.2 Å². The maximum Gasteiger partial charge on any atom is 0.420 e. The molecular formula is C21H24O3P+. The van der Waals surface area contributed by atoms with Crippen LogP contribution < -0.4 is 0 Å². The maximum atomic E-state index is 12.6. The van der Waals surface area contributed by atoms with Gasteiger partial charge >= 0.3 is 13.3 Å². The van der Waals surface area contributed by atoms with Gasteiger partial charge in [-0.15, -0.1) is 0 Å². The SMILES string of the molecule is Cc1cc(C)c(C(=O)CC[P+](=O)C(=O)c2c(C)cccc2C)c(C)c1. The average molecular weight is 355 g/mol. The summed E-state index contributed by atoms with van der Waals surface area (Å²) >= 11 is 0. The van der Waals surface area contributed by atoms with E-state index in [1.165, 1.54) is 0 Å². The number of carbonyl (C=O) groups excluding carboxylic acids is 2. The monoisotopic (exact) mass is 355 g/mol. The molecule has 0 aliphatic rings. The molecule has 1 unspecified atom stereocenters. The molecule has 0 fully saturated rings. The van der Waals surface area contributed by atoms with E-state index in [2.05, 4.69) is 0 Å². The van der Waals surface area contributed by atoms with Crippen molar-refractivity contribution in [2.45, 2.75) is 41.0 Å².